The summed E-state index contributed by atoms with van der Waals surface area (Å²) in [4.78, 5) is 46.5. The number of carbonyl (C=O) groups is 2. The van der Waals surface area contributed by atoms with Crippen molar-refractivity contribution in [3.05, 3.63) is 72.4 Å². The van der Waals surface area contributed by atoms with Crippen LogP contribution in [0.15, 0.2) is 60.8 Å². The molecule has 10 nitrogen and oxygen atoms in total. The summed E-state index contributed by atoms with van der Waals surface area (Å²) in [5, 5.41) is 2.17. The number of benzene rings is 3. The van der Waals surface area contributed by atoms with Crippen molar-refractivity contribution < 1.29 is 19.1 Å². The summed E-state index contributed by atoms with van der Waals surface area (Å²) >= 11 is 0. The average molecular weight is 693 g/mol. The Morgan fingerprint density at radius 1 is 0.800 bits per heavy atom. The number of H-pyrrole nitrogens is 2. The van der Waals surface area contributed by atoms with E-state index >= 15 is 0 Å². The molecule has 2 atom stereocenters. The average Bonchev–Trinajstić information content (AvgIpc) is 3.84. The first-order valence-corrected chi connectivity index (χ1v) is 21.0. The Labute approximate surface area is 294 Å². The number of hydrogen-bond donors (Lipinski definition) is 2. The van der Waals surface area contributed by atoms with Gasteiger partial charge in [0.15, 0.2) is 0 Å². The van der Waals surface area contributed by atoms with Gasteiger partial charge in [-0.05, 0) is 94.6 Å². The summed E-state index contributed by atoms with van der Waals surface area (Å²) in [6.45, 7) is 16.7. The number of carbonyl (C=O) groups excluding carboxylic acids is 2. The highest BCUT2D eigenvalue weighted by Gasteiger charge is 2.45. The second kappa shape index (κ2) is 12.3. The maximum atomic E-state index is 13.2. The molecule has 4 heterocycles. The van der Waals surface area contributed by atoms with E-state index in [2.05, 4.69) is 82.6 Å². The van der Waals surface area contributed by atoms with Gasteiger partial charge >= 0.3 is 12.2 Å². The van der Waals surface area contributed by atoms with Gasteiger partial charge in [-0.15, -0.1) is 0 Å². The third-order valence-electron chi connectivity index (χ3n) is 9.47. The lowest BCUT2D eigenvalue weighted by molar-refractivity contribution is 0.0212. The van der Waals surface area contributed by atoms with Crippen LogP contribution < -0.4 is 0 Å². The fourth-order valence-electron chi connectivity index (χ4n) is 7.27. The third kappa shape index (κ3) is 6.88. The van der Waals surface area contributed by atoms with Gasteiger partial charge in [0.05, 0.1) is 43.1 Å². The quantitative estimate of drug-likeness (QED) is 0.181. The normalized spacial score (nSPS) is 19.4. The SMILES string of the molecule is CC(C)(C)OC(=O)N1CCCC1c1ncc(-c2ccc(-c3ccc4c(ccc5[nH]c(C6C[Si](C)(C)CN6C(=O)OC(C)(C)C)nc54)c3)cc2)[nH]1. The van der Waals surface area contributed by atoms with Crippen molar-refractivity contribution in [3.63, 3.8) is 0 Å². The van der Waals surface area contributed by atoms with E-state index < -0.39 is 19.3 Å². The topological polar surface area (TPSA) is 116 Å². The van der Waals surface area contributed by atoms with Crippen LogP contribution in [-0.4, -0.2) is 73.9 Å². The lowest BCUT2D eigenvalue weighted by Crippen LogP contribution is -2.39. The predicted octanol–water partition coefficient (Wildman–Crippen LogP) is 9.38. The first-order valence-electron chi connectivity index (χ1n) is 17.6. The van der Waals surface area contributed by atoms with Crippen molar-refractivity contribution in [2.24, 2.45) is 0 Å². The largest absolute Gasteiger partial charge is 0.444 e. The Kier molecular flexibility index (Phi) is 8.32. The number of nitrogens with one attached hydrogen (secondary N) is 2. The minimum Gasteiger partial charge on any atom is -0.444 e. The minimum absolute atomic E-state index is 0.122. The smallest absolute Gasteiger partial charge is 0.410 e. The summed E-state index contributed by atoms with van der Waals surface area (Å²) in [7, 11) is -1.64. The van der Waals surface area contributed by atoms with Crippen molar-refractivity contribution in [1.29, 1.82) is 0 Å². The van der Waals surface area contributed by atoms with Crippen molar-refractivity contribution in [3.8, 4) is 22.4 Å². The van der Waals surface area contributed by atoms with Gasteiger partial charge in [0.2, 0.25) is 0 Å². The highest BCUT2D eigenvalue weighted by atomic mass is 28.3. The minimum atomic E-state index is -1.64. The number of likely N-dealkylation sites (tertiary alicyclic amines) is 1. The molecule has 5 aromatic rings. The molecule has 0 spiro atoms. The van der Waals surface area contributed by atoms with Gasteiger partial charge in [-0.1, -0.05) is 55.6 Å². The number of fused-ring (bicyclic) bond motifs is 3. The Hall–Kier alpha value is -4.64. The van der Waals surface area contributed by atoms with Gasteiger partial charge < -0.3 is 24.3 Å². The second-order valence-corrected chi connectivity index (χ2v) is 21.7. The Bertz CT molecular complexity index is 2070. The zero-order chi connectivity index (χ0) is 35.6. The number of amides is 2. The van der Waals surface area contributed by atoms with Crippen LogP contribution in [0.4, 0.5) is 9.59 Å². The fourth-order valence-corrected chi connectivity index (χ4v) is 10.1. The van der Waals surface area contributed by atoms with Crippen molar-refractivity contribution in [2.45, 2.75) is 96.8 Å². The van der Waals surface area contributed by atoms with E-state index in [9.17, 15) is 9.59 Å². The zero-order valence-electron chi connectivity index (χ0n) is 30.4. The van der Waals surface area contributed by atoms with E-state index in [0.717, 1.165) is 80.9 Å². The van der Waals surface area contributed by atoms with E-state index in [1.165, 1.54) is 0 Å². The maximum Gasteiger partial charge on any atom is 0.410 e. The van der Waals surface area contributed by atoms with E-state index in [0.29, 0.717) is 6.54 Å². The Morgan fingerprint density at radius 3 is 2.16 bits per heavy atom. The van der Waals surface area contributed by atoms with E-state index in [-0.39, 0.29) is 24.3 Å². The number of ether oxygens (including phenoxy) is 2. The first kappa shape index (κ1) is 33.8. The molecule has 2 aliphatic heterocycles. The van der Waals surface area contributed by atoms with Crippen LogP contribution in [-0.2, 0) is 9.47 Å². The predicted molar refractivity (Wildman–Crippen MR) is 200 cm³/mol. The summed E-state index contributed by atoms with van der Waals surface area (Å²) in [6.07, 6.45) is 3.80. The van der Waals surface area contributed by atoms with Gasteiger partial charge in [-0.3, -0.25) is 4.90 Å². The van der Waals surface area contributed by atoms with Gasteiger partial charge in [0.25, 0.3) is 0 Å². The first-order chi connectivity index (χ1) is 23.5. The molecular formula is C39H48N6O4Si. The Balaban J connectivity index is 1.10. The number of hydrogen-bond acceptors (Lipinski definition) is 6. The molecule has 7 rings (SSSR count). The van der Waals surface area contributed by atoms with Gasteiger partial charge in [0, 0.05) is 18.1 Å². The summed E-state index contributed by atoms with van der Waals surface area (Å²) in [5.74, 6) is 1.61. The summed E-state index contributed by atoms with van der Waals surface area (Å²) in [5.41, 5.74) is 4.95. The molecule has 2 aromatic heterocycles. The van der Waals surface area contributed by atoms with Crippen molar-refractivity contribution in [2.75, 3.05) is 12.7 Å². The van der Waals surface area contributed by atoms with Crippen molar-refractivity contribution >= 4 is 42.1 Å². The molecule has 0 bridgehead atoms. The monoisotopic (exact) mass is 692 g/mol. The van der Waals surface area contributed by atoms with E-state index in [1.54, 1.807) is 4.90 Å². The van der Waals surface area contributed by atoms with E-state index in [1.807, 2.05) is 52.6 Å². The van der Waals surface area contributed by atoms with Gasteiger partial charge in [-0.2, -0.15) is 0 Å². The third-order valence-corrected chi connectivity index (χ3v) is 12.2. The molecule has 50 heavy (non-hydrogen) atoms. The van der Waals surface area contributed by atoms with Crippen LogP contribution in [0.2, 0.25) is 19.1 Å². The molecule has 2 aliphatic rings. The van der Waals surface area contributed by atoms with Crippen LogP contribution in [0.1, 0.15) is 78.1 Å². The molecule has 0 saturated carbocycles. The molecule has 0 radical (unpaired) electrons. The molecule has 2 unspecified atom stereocenters. The van der Waals surface area contributed by atoms with Gasteiger partial charge in [0.1, 0.15) is 22.9 Å². The summed E-state index contributed by atoms with van der Waals surface area (Å²) in [6, 6.07) is 19.9. The number of rotatable bonds is 4. The molecule has 2 fully saturated rings. The molecule has 2 saturated heterocycles. The fraction of sp³-hybridized carbons (Fsp3) is 0.436. The van der Waals surface area contributed by atoms with Crippen LogP contribution in [0.25, 0.3) is 44.2 Å². The summed E-state index contributed by atoms with van der Waals surface area (Å²) < 4.78 is 11.4. The highest BCUT2D eigenvalue weighted by Crippen LogP contribution is 2.39. The molecule has 3 aromatic carbocycles. The van der Waals surface area contributed by atoms with Crippen LogP contribution >= 0.6 is 0 Å². The molecule has 2 N–H and O–H groups in total. The number of nitrogens with zero attached hydrogens (tertiary/aromatic N) is 4. The van der Waals surface area contributed by atoms with Gasteiger partial charge in [-0.25, -0.2) is 19.6 Å². The Morgan fingerprint density at radius 2 is 1.46 bits per heavy atom. The standard InChI is InChI=1S/C39H48N6O4Si/c1-38(2,3)48-36(46)44-19-9-10-31(44)34-40-21-30(42-34)25-13-11-24(12-14-25)26-15-17-28-27(20-26)16-18-29-33(28)43-35(41-29)32-22-50(7,8)23-45(32)37(47)49-39(4,5)6/h11-18,20-21,31-32H,9-10,19,22-23H2,1-8H3,(H,40,42)(H,41,43). The molecular weight excluding hydrogens is 645 g/mol. The molecule has 11 heteroatoms. The molecule has 262 valence electrons. The molecule has 2 amide bonds. The zero-order valence-corrected chi connectivity index (χ0v) is 31.4. The van der Waals surface area contributed by atoms with Crippen molar-refractivity contribution in [1.82, 2.24) is 29.7 Å². The molecule has 0 aliphatic carbocycles. The second-order valence-electron chi connectivity index (χ2n) is 16.6. The number of aromatic amines is 2. The lowest BCUT2D eigenvalue weighted by atomic mass is 9.99. The van der Waals surface area contributed by atoms with Crippen LogP contribution in [0.3, 0.4) is 0 Å². The maximum absolute atomic E-state index is 13.2. The number of imidazole rings is 2. The van der Waals surface area contributed by atoms with Crippen LogP contribution in [0.5, 0.6) is 0 Å². The highest BCUT2D eigenvalue weighted by molar-refractivity contribution is 6.78. The number of aromatic nitrogens is 4. The lowest BCUT2D eigenvalue weighted by Gasteiger charge is -2.28. The van der Waals surface area contributed by atoms with E-state index in [4.69, 9.17) is 14.5 Å². The van der Waals surface area contributed by atoms with Crippen LogP contribution in [0, 0.1) is 0 Å².